The van der Waals surface area contributed by atoms with Crippen LogP contribution in [0.25, 0.3) is 0 Å². The number of furan rings is 1. The van der Waals surface area contributed by atoms with E-state index in [1.807, 2.05) is 35.0 Å². The largest absolute Gasteiger partial charge is 0.467 e. The highest BCUT2D eigenvalue weighted by Gasteiger charge is 2.34. The Bertz CT molecular complexity index is 1150. The van der Waals surface area contributed by atoms with E-state index >= 15 is 0 Å². The highest BCUT2D eigenvalue weighted by atomic mass is 32.2. The summed E-state index contributed by atoms with van der Waals surface area (Å²) in [7, 11) is 0. The van der Waals surface area contributed by atoms with Crippen molar-refractivity contribution >= 4 is 62.5 Å². The minimum atomic E-state index is -0.0508. The van der Waals surface area contributed by atoms with E-state index in [0.717, 1.165) is 32.0 Å². The number of thioether (sulfide) groups is 1. The summed E-state index contributed by atoms with van der Waals surface area (Å²) >= 11 is 6.11. The van der Waals surface area contributed by atoms with Gasteiger partial charge in [0.05, 0.1) is 35.2 Å². The number of hydrogen-bond donors (Lipinski definition) is 1. The molecule has 0 saturated heterocycles. The summed E-state index contributed by atoms with van der Waals surface area (Å²) in [6.45, 7) is 0.543. The molecule has 0 fully saturated rings. The molecule has 31 heavy (non-hydrogen) atoms. The zero-order chi connectivity index (χ0) is 21.0. The number of amides is 1. The lowest BCUT2D eigenvalue weighted by atomic mass is 10.1. The van der Waals surface area contributed by atoms with Crippen LogP contribution in [-0.4, -0.2) is 32.6 Å². The standard InChI is InChI=1S/C20H17N5O2S4/c26-18(12-30-20-23-22-19(31-20)21-11-13-4-1-7-27-13)25-15(17-6-3-9-29-17)10-14(24-25)16-5-2-8-28-16/h1-9,15H,10-12H2,(H,21,22). The third-order valence-electron chi connectivity index (χ3n) is 4.56. The lowest BCUT2D eigenvalue weighted by Gasteiger charge is -2.20. The van der Waals surface area contributed by atoms with Crippen LogP contribution in [0.2, 0.25) is 0 Å². The van der Waals surface area contributed by atoms with Gasteiger partial charge in [-0.3, -0.25) is 4.79 Å². The molecule has 5 heterocycles. The maximum atomic E-state index is 13.1. The molecule has 0 bridgehead atoms. The highest BCUT2D eigenvalue weighted by molar-refractivity contribution is 8.01. The molecule has 0 aromatic carbocycles. The molecule has 158 valence electrons. The second kappa shape index (κ2) is 9.35. The Hall–Kier alpha value is -2.47. The Labute approximate surface area is 194 Å². The van der Waals surface area contributed by atoms with Gasteiger partial charge in [-0.2, -0.15) is 5.10 Å². The first-order chi connectivity index (χ1) is 15.3. The van der Waals surface area contributed by atoms with Crippen molar-refractivity contribution in [2.24, 2.45) is 5.10 Å². The van der Waals surface area contributed by atoms with Crippen LogP contribution in [-0.2, 0) is 11.3 Å². The van der Waals surface area contributed by atoms with E-state index in [2.05, 4.69) is 27.6 Å². The summed E-state index contributed by atoms with van der Waals surface area (Å²) in [6.07, 6.45) is 2.37. The van der Waals surface area contributed by atoms with E-state index in [1.165, 1.54) is 23.1 Å². The zero-order valence-corrected chi connectivity index (χ0v) is 19.4. The summed E-state index contributed by atoms with van der Waals surface area (Å²) in [4.78, 5) is 15.3. The smallest absolute Gasteiger partial charge is 0.253 e. The number of thiophene rings is 2. The van der Waals surface area contributed by atoms with E-state index in [9.17, 15) is 4.79 Å². The Balaban J connectivity index is 1.23. The number of nitrogens with one attached hydrogen (secondary N) is 1. The van der Waals surface area contributed by atoms with E-state index in [0.29, 0.717) is 11.7 Å². The minimum absolute atomic E-state index is 0.0322. The van der Waals surface area contributed by atoms with Crippen LogP contribution in [0.1, 0.15) is 28.0 Å². The summed E-state index contributed by atoms with van der Waals surface area (Å²) in [5.74, 6) is 1.05. The summed E-state index contributed by atoms with van der Waals surface area (Å²) < 4.78 is 6.04. The average molecular weight is 488 g/mol. The maximum Gasteiger partial charge on any atom is 0.253 e. The number of aromatic nitrogens is 2. The van der Waals surface area contributed by atoms with Crippen molar-refractivity contribution in [3.05, 3.63) is 68.9 Å². The fraction of sp³-hybridized carbons (Fsp3) is 0.200. The Kier molecular flexibility index (Phi) is 6.16. The van der Waals surface area contributed by atoms with E-state index < -0.39 is 0 Å². The van der Waals surface area contributed by atoms with E-state index in [4.69, 9.17) is 9.52 Å². The van der Waals surface area contributed by atoms with Crippen molar-refractivity contribution in [1.29, 1.82) is 0 Å². The van der Waals surface area contributed by atoms with Crippen molar-refractivity contribution in [2.45, 2.75) is 23.3 Å². The van der Waals surface area contributed by atoms with Crippen LogP contribution in [0.5, 0.6) is 0 Å². The van der Waals surface area contributed by atoms with Crippen molar-refractivity contribution in [3.63, 3.8) is 0 Å². The molecule has 0 spiro atoms. The van der Waals surface area contributed by atoms with Crippen LogP contribution in [0.4, 0.5) is 5.13 Å². The molecule has 4 aromatic heterocycles. The lowest BCUT2D eigenvalue weighted by molar-refractivity contribution is -0.130. The topological polar surface area (TPSA) is 83.6 Å². The molecule has 0 radical (unpaired) electrons. The van der Waals surface area contributed by atoms with Gasteiger partial charge in [-0.15, -0.1) is 32.9 Å². The third-order valence-corrected chi connectivity index (χ3v) is 8.45. The monoisotopic (exact) mass is 487 g/mol. The third kappa shape index (κ3) is 4.74. The fourth-order valence-corrected chi connectivity index (χ4v) is 6.27. The van der Waals surface area contributed by atoms with E-state index in [-0.39, 0.29) is 17.7 Å². The van der Waals surface area contributed by atoms with Gasteiger partial charge in [-0.1, -0.05) is 35.2 Å². The number of rotatable bonds is 8. The number of hydrazone groups is 1. The van der Waals surface area contributed by atoms with Gasteiger partial charge in [-0.25, -0.2) is 5.01 Å². The van der Waals surface area contributed by atoms with Crippen LogP contribution >= 0.6 is 45.8 Å². The van der Waals surface area contributed by atoms with Gasteiger partial charge < -0.3 is 9.73 Å². The summed E-state index contributed by atoms with van der Waals surface area (Å²) in [5.41, 5.74) is 0.965. The molecule has 1 N–H and O–H groups in total. The molecule has 11 heteroatoms. The van der Waals surface area contributed by atoms with Gasteiger partial charge >= 0.3 is 0 Å². The van der Waals surface area contributed by atoms with Gasteiger partial charge in [0, 0.05) is 11.3 Å². The first kappa shape index (κ1) is 20.4. The Morgan fingerprint density at radius 2 is 2.10 bits per heavy atom. The molecule has 7 nitrogen and oxygen atoms in total. The van der Waals surface area contributed by atoms with Gasteiger partial charge in [0.25, 0.3) is 5.91 Å². The lowest BCUT2D eigenvalue weighted by Crippen LogP contribution is -2.28. The molecule has 1 atom stereocenters. The predicted octanol–water partition coefficient (Wildman–Crippen LogP) is 5.34. The van der Waals surface area contributed by atoms with Crippen molar-refractivity contribution < 1.29 is 9.21 Å². The quantitative estimate of drug-likeness (QED) is 0.338. The molecule has 5 rings (SSSR count). The average Bonchev–Trinajstić information content (AvgIpc) is 3.62. The van der Waals surface area contributed by atoms with E-state index in [1.54, 1.807) is 33.9 Å². The van der Waals surface area contributed by atoms with Crippen molar-refractivity contribution in [1.82, 2.24) is 15.2 Å². The molecule has 1 aliphatic rings. The summed E-state index contributed by atoms with van der Waals surface area (Å²) in [5, 5.41) is 22.6. The van der Waals surface area contributed by atoms with Gasteiger partial charge in [0.2, 0.25) is 5.13 Å². The van der Waals surface area contributed by atoms with Gasteiger partial charge in [0.15, 0.2) is 4.34 Å². The molecule has 1 unspecified atom stereocenters. The number of hydrogen-bond acceptors (Lipinski definition) is 10. The second-order valence-corrected chi connectivity index (χ2v) is 10.7. The SMILES string of the molecule is O=C(CSc1nnc(NCc2ccco2)s1)N1N=C(c2cccs2)CC1c1cccs1. The molecule has 4 aromatic rings. The number of carbonyl (C=O) groups is 1. The van der Waals surface area contributed by atoms with Crippen LogP contribution in [0, 0.1) is 0 Å². The van der Waals surface area contributed by atoms with Crippen molar-refractivity contribution in [3.8, 4) is 0 Å². The fourth-order valence-electron chi connectivity index (χ4n) is 3.14. The van der Waals surface area contributed by atoms with Crippen LogP contribution in [0.15, 0.2) is 67.3 Å². The molecule has 0 aliphatic carbocycles. The Morgan fingerprint density at radius 1 is 1.19 bits per heavy atom. The van der Waals surface area contributed by atoms with Crippen molar-refractivity contribution in [2.75, 3.05) is 11.1 Å². The summed E-state index contributed by atoms with van der Waals surface area (Å²) in [6, 6.07) is 11.8. The maximum absolute atomic E-state index is 13.1. The first-order valence-corrected chi connectivity index (χ1v) is 13.0. The minimum Gasteiger partial charge on any atom is -0.467 e. The van der Waals surface area contributed by atoms with Gasteiger partial charge in [0.1, 0.15) is 5.76 Å². The molecule has 1 amide bonds. The highest BCUT2D eigenvalue weighted by Crippen LogP contribution is 2.37. The van der Waals surface area contributed by atoms with Crippen LogP contribution < -0.4 is 5.32 Å². The molecule has 0 saturated carbocycles. The number of nitrogens with zero attached hydrogens (tertiary/aromatic N) is 4. The molecule has 1 aliphatic heterocycles. The van der Waals surface area contributed by atoms with Crippen LogP contribution in [0.3, 0.4) is 0 Å². The number of anilines is 1. The normalized spacial score (nSPS) is 15.9. The first-order valence-electron chi connectivity index (χ1n) is 9.45. The Morgan fingerprint density at radius 3 is 2.87 bits per heavy atom. The zero-order valence-electron chi connectivity index (χ0n) is 16.1. The second-order valence-electron chi connectivity index (χ2n) is 6.59. The van der Waals surface area contributed by atoms with Gasteiger partial charge in [-0.05, 0) is 35.0 Å². The molecular formula is C20H17N5O2S4. The number of carbonyl (C=O) groups excluding carboxylic acids is 1. The predicted molar refractivity (Wildman–Crippen MR) is 126 cm³/mol. The molecular weight excluding hydrogens is 471 g/mol.